The van der Waals surface area contributed by atoms with Crippen LogP contribution in [0.15, 0.2) is 24.3 Å². The van der Waals surface area contributed by atoms with E-state index in [0.717, 1.165) is 29.2 Å². The summed E-state index contributed by atoms with van der Waals surface area (Å²) in [6.07, 6.45) is -4.45. The maximum atomic E-state index is 12.5. The minimum Gasteiger partial charge on any atom is -0.312 e. The molecule has 0 bridgehead atoms. The highest BCUT2D eigenvalue weighted by molar-refractivity contribution is 6.21. The summed E-state index contributed by atoms with van der Waals surface area (Å²) in [5.74, 6) is -0.410. The number of hydrogen-bond acceptors (Lipinski definition) is 3. The van der Waals surface area contributed by atoms with Crippen molar-refractivity contribution in [3.8, 4) is 0 Å². The monoisotopic (exact) mass is 299 g/mol. The van der Waals surface area contributed by atoms with Gasteiger partial charge in [0.1, 0.15) is 6.04 Å². The van der Waals surface area contributed by atoms with Crippen molar-refractivity contribution in [2.45, 2.75) is 12.2 Å². The van der Waals surface area contributed by atoms with Crippen molar-refractivity contribution in [3.63, 3.8) is 0 Å². The molecule has 21 heavy (non-hydrogen) atoms. The van der Waals surface area contributed by atoms with Crippen LogP contribution in [0.5, 0.6) is 0 Å². The number of carbonyl (C=O) groups is 2. The number of urea groups is 1. The minimum atomic E-state index is -4.45. The van der Waals surface area contributed by atoms with Crippen molar-refractivity contribution < 1.29 is 22.8 Å². The van der Waals surface area contributed by atoms with E-state index in [1.807, 2.05) is 0 Å². The Hall–Kier alpha value is -2.09. The van der Waals surface area contributed by atoms with Crippen LogP contribution in [-0.4, -0.2) is 42.5 Å². The molecule has 0 aromatic heterocycles. The number of nitrogens with one attached hydrogen (secondary N) is 1. The van der Waals surface area contributed by atoms with Gasteiger partial charge in [-0.1, -0.05) is 0 Å². The lowest BCUT2D eigenvalue weighted by atomic mass is 10.2. The molecular formula is C13H12F3N3O2. The predicted molar refractivity (Wildman–Crippen MR) is 67.7 cm³/mol. The lowest BCUT2D eigenvalue weighted by Crippen LogP contribution is -2.51. The number of hydrogen-bond donors (Lipinski definition) is 1. The number of anilines is 1. The summed E-state index contributed by atoms with van der Waals surface area (Å²) in [6.45, 7) is 1.37. The minimum absolute atomic E-state index is 0.160. The van der Waals surface area contributed by atoms with Gasteiger partial charge in [0.15, 0.2) is 0 Å². The SMILES string of the molecule is O=C1C2CNCCN2C(=O)N1c1ccc(C(F)(F)F)cc1. The van der Waals surface area contributed by atoms with Crippen molar-refractivity contribution in [1.82, 2.24) is 10.2 Å². The highest BCUT2D eigenvalue weighted by atomic mass is 19.4. The van der Waals surface area contributed by atoms with Gasteiger partial charge in [0.05, 0.1) is 11.3 Å². The Bertz CT molecular complexity index is 561. The second-order valence-electron chi connectivity index (χ2n) is 4.91. The first kappa shape index (κ1) is 13.9. The topological polar surface area (TPSA) is 52.7 Å². The molecule has 112 valence electrons. The fourth-order valence-corrected chi connectivity index (χ4v) is 2.56. The Morgan fingerprint density at radius 1 is 1.14 bits per heavy atom. The Labute approximate surface area is 118 Å². The molecule has 5 nitrogen and oxygen atoms in total. The van der Waals surface area contributed by atoms with Gasteiger partial charge in [0, 0.05) is 19.6 Å². The highest BCUT2D eigenvalue weighted by Crippen LogP contribution is 2.32. The molecule has 1 N–H and O–H groups in total. The molecule has 0 aliphatic carbocycles. The second kappa shape index (κ2) is 4.73. The molecule has 1 atom stereocenters. The summed E-state index contributed by atoms with van der Waals surface area (Å²) >= 11 is 0. The number of benzene rings is 1. The summed E-state index contributed by atoms with van der Waals surface area (Å²) in [5.41, 5.74) is -0.655. The normalized spacial score (nSPS) is 22.7. The van der Waals surface area contributed by atoms with Gasteiger partial charge in [-0.05, 0) is 24.3 Å². The number of imide groups is 1. The quantitative estimate of drug-likeness (QED) is 0.799. The highest BCUT2D eigenvalue weighted by Gasteiger charge is 2.46. The Balaban J connectivity index is 1.90. The Morgan fingerprint density at radius 2 is 1.81 bits per heavy atom. The fourth-order valence-electron chi connectivity index (χ4n) is 2.56. The predicted octanol–water partition coefficient (Wildman–Crippen LogP) is 1.45. The molecule has 2 fully saturated rings. The van der Waals surface area contributed by atoms with Crippen LogP contribution in [0, 0.1) is 0 Å². The van der Waals surface area contributed by atoms with Gasteiger partial charge in [-0.3, -0.25) is 4.79 Å². The van der Waals surface area contributed by atoms with Crippen LogP contribution >= 0.6 is 0 Å². The number of nitrogens with zero attached hydrogens (tertiary/aromatic N) is 2. The average Bonchev–Trinajstić information content (AvgIpc) is 2.71. The number of rotatable bonds is 1. The summed E-state index contributed by atoms with van der Waals surface area (Å²) < 4.78 is 37.6. The zero-order valence-electron chi connectivity index (χ0n) is 10.9. The lowest BCUT2D eigenvalue weighted by Gasteiger charge is -2.26. The van der Waals surface area contributed by atoms with Gasteiger partial charge < -0.3 is 10.2 Å². The van der Waals surface area contributed by atoms with E-state index in [-0.39, 0.29) is 5.69 Å². The summed E-state index contributed by atoms with van der Waals surface area (Å²) in [6, 6.07) is 2.96. The molecule has 3 rings (SSSR count). The molecule has 2 saturated heterocycles. The number of alkyl halides is 3. The third kappa shape index (κ3) is 2.25. The number of amides is 3. The zero-order chi connectivity index (χ0) is 15.2. The van der Waals surface area contributed by atoms with Gasteiger partial charge >= 0.3 is 12.2 Å². The van der Waals surface area contributed by atoms with Crippen LogP contribution < -0.4 is 10.2 Å². The fraction of sp³-hybridized carbons (Fsp3) is 0.385. The average molecular weight is 299 g/mol. The first-order valence-corrected chi connectivity index (χ1v) is 6.42. The summed E-state index contributed by atoms with van der Waals surface area (Å²) in [4.78, 5) is 26.8. The number of fused-ring (bicyclic) bond motifs is 1. The van der Waals surface area contributed by atoms with Gasteiger partial charge in [0.25, 0.3) is 5.91 Å². The molecule has 0 spiro atoms. The molecule has 3 amide bonds. The van der Waals surface area contributed by atoms with Gasteiger partial charge in [0.2, 0.25) is 0 Å². The Morgan fingerprint density at radius 3 is 2.38 bits per heavy atom. The number of carbonyl (C=O) groups excluding carboxylic acids is 2. The van der Waals surface area contributed by atoms with E-state index < -0.39 is 29.7 Å². The maximum absolute atomic E-state index is 12.5. The van der Waals surface area contributed by atoms with E-state index in [1.165, 1.54) is 4.90 Å². The molecule has 1 aromatic carbocycles. The molecule has 0 saturated carbocycles. The van der Waals surface area contributed by atoms with Gasteiger partial charge in [-0.25, -0.2) is 9.69 Å². The first-order chi connectivity index (χ1) is 9.89. The van der Waals surface area contributed by atoms with E-state index in [0.29, 0.717) is 19.6 Å². The molecule has 1 unspecified atom stereocenters. The van der Waals surface area contributed by atoms with E-state index >= 15 is 0 Å². The van der Waals surface area contributed by atoms with Crippen LogP contribution in [0.25, 0.3) is 0 Å². The van der Waals surface area contributed by atoms with E-state index in [4.69, 9.17) is 0 Å². The van der Waals surface area contributed by atoms with Crippen LogP contribution in [-0.2, 0) is 11.0 Å². The maximum Gasteiger partial charge on any atom is 0.416 e. The second-order valence-corrected chi connectivity index (χ2v) is 4.91. The van der Waals surface area contributed by atoms with Crippen molar-refractivity contribution in [2.75, 3.05) is 24.5 Å². The lowest BCUT2D eigenvalue weighted by molar-refractivity contribution is -0.137. The largest absolute Gasteiger partial charge is 0.416 e. The van der Waals surface area contributed by atoms with E-state index in [1.54, 1.807) is 0 Å². The standard InChI is InChI=1S/C13H12F3N3O2/c14-13(15,16)8-1-3-9(4-2-8)19-11(20)10-7-17-5-6-18(10)12(19)21/h1-4,10,17H,5-7H2. The van der Waals surface area contributed by atoms with Crippen molar-refractivity contribution in [1.29, 1.82) is 0 Å². The Kier molecular flexibility index (Phi) is 3.12. The number of piperazine rings is 1. The van der Waals surface area contributed by atoms with Crippen LogP contribution in [0.2, 0.25) is 0 Å². The third-order valence-corrected chi connectivity index (χ3v) is 3.64. The van der Waals surface area contributed by atoms with Gasteiger partial charge in [-0.15, -0.1) is 0 Å². The van der Waals surface area contributed by atoms with Crippen molar-refractivity contribution >= 4 is 17.6 Å². The summed E-state index contributed by atoms with van der Waals surface area (Å²) in [5, 5.41) is 3.02. The van der Waals surface area contributed by atoms with Crippen molar-refractivity contribution in [3.05, 3.63) is 29.8 Å². The molecule has 1 aromatic rings. The van der Waals surface area contributed by atoms with Crippen LogP contribution in [0.4, 0.5) is 23.7 Å². The van der Waals surface area contributed by atoms with Crippen LogP contribution in [0.1, 0.15) is 5.56 Å². The molecule has 2 aliphatic rings. The first-order valence-electron chi connectivity index (χ1n) is 6.42. The van der Waals surface area contributed by atoms with Crippen molar-refractivity contribution in [2.24, 2.45) is 0 Å². The van der Waals surface area contributed by atoms with E-state index in [2.05, 4.69) is 5.32 Å². The van der Waals surface area contributed by atoms with E-state index in [9.17, 15) is 22.8 Å². The summed E-state index contributed by atoms with van der Waals surface area (Å²) in [7, 11) is 0. The van der Waals surface area contributed by atoms with Crippen LogP contribution in [0.3, 0.4) is 0 Å². The molecular weight excluding hydrogens is 287 g/mol. The smallest absolute Gasteiger partial charge is 0.312 e. The molecule has 2 aliphatic heterocycles. The zero-order valence-corrected chi connectivity index (χ0v) is 10.9. The molecule has 8 heteroatoms. The molecule has 2 heterocycles. The number of halogens is 3. The molecule has 0 radical (unpaired) electrons. The third-order valence-electron chi connectivity index (χ3n) is 3.64. The van der Waals surface area contributed by atoms with Gasteiger partial charge in [-0.2, -0.15) is 13.2 Å².